The number of ether oxygens (including phenoxy) is 2. The first-order valence-electron chi connectivity index (χ1n) is 7.24. The monoisotopic (exact) mass is 294 g/mol. The molecule has 0 bridgehead atoms. The van der Waals surface area contributed by atoms with Crippen LogP contribution in [0.3, 0.4) is 0 Å². The second-order valence-corrected chi connectivity index (χ2v) is 4.85. The lowest BCUT2D eigenvalue weighted by Gasteiger charge is -2.33. The standard InChI is InChI=1S/C15H22N2O4/c1-2-20-12-3-5-13(6-4-12)21-10-9-17-8-7-16-11-14(17)15(18)19/h3-6,14,16H,2,7-11H2,1H3,(H,18,19). The third-order valence-electron chi connectivity index (χ3n) is 3.42. The summed E-state index contributed by atoms with van der Waals surface area (Å²) < 4.78 is 11.0. The highest BCUT2D eigenvalue weighted by atomic mass is 16.5. The largest absolute Gasteiger partial charge is 0.494 e. The van der Waals surface area contributed by atoms with Crippen LogP contribution in [0.2, 0.25) is 0 Å². The van der Waals surface area contributed by atoms with E-state index in [1.807, 2.05) is 36.1 Å². The summed E-state index contributed by atoms with van der Waals surface area (Å²) in [6, 6.07) is 6.98. The molecule has 116 valence electrons. The lowest BCUT2D eigenvalue weighted by atomic mass is 10.2. The Labute approximate surface area is 124 Å². The van der Waals surface area contributed by atoms with Crippen LogP contribution >= 0.6 is 0 Å². The fourth-order valence-corrected chi connectivity index (χ4v) is 2.34. The predicted octanol–water partition coefficient (Wildman–Crippen LogP) is 0.823. The van der Waals surface area contributed by atoms with Gasteiger partial charge in [-0.3, -0.25) is 9.69 Å². The molecular formula is C15H22N2O4. The van der Waals surface area contributed by atoms with Crippen molar-refractivity contribution in [1.29, 1.82) is 0 Å². The van der Waals surface area contributed by atoms with E-state index in [1.165, 1.54) is 0 Å². The van der Waals surface area contributed by atoms with Crippen LogP contribution in [0.5, 0.6) is 11.5 Å². The average Bonchev–Trinajstić information content (AvgIpc) is 2.50. The van der Waals surface area contributed by atoms with E-state index in [4.69, 9.17) is 14.6 Å². The summed E-state index contributed by atoms with van der Waals surface area (Å²) in [6.45, 7) is 5.68. The fraction of sp³-hybridized carbons (Fsp3) is 0.533. The molecule has 1 aromatic rings. The zero-order valence-electron chi connectivity index (χ0n) is 12.2. The Morgan fingerprint density at radius 2 is 2.00 bits per heavy atom. The van der Waals surface area contributed by atoms with Crippen molar-refractivity contribution in [2.24, 2.45) is 0 Å². The molecule has 2 N–H and O–H groups in total. The Morgan fingerprint density at radius 1 is 1.33 bits per heavy atom. The van der Waals surface area contributed by atoms with Crippen molar-refractivity contribution in [3.8, 4) is 11.5 Å². The number of rotatable bonds is 7. The number of nitrogens with zero attached hydrogens (tertiary/aromatic N) is 1. The van der Waals surface area contributed by atoms with Crippen molar-refractivity contribution in [2.75, 3.05) is 39.4 Å². The minimum absolute atomic E-state index is 0.470. The molecule has 0 amide bonds. The molecule has 1 heterocycles. The molecule has 1 atom stereocenters. The molecule has 0 spiro atoms. The third kappa shape index (κ3) is 4.61. The fourth-order valence-electron chi connectivity index (χ4n) is 2.34. The Balaban J connectivity index is 1.78. The number of carboxylic acids is 1. The SMILES string of the molecule is CCOc1ccc(OCCN2CCNCC2C(=O)O)cc1. The molecule has 0 aliphatic carbocycles. The van der Waals surface area contributed by atoms with E-state index in [1.54, 1.807) is 0 Å². The van der Waals surface area contributed by atoms with Gasteiger partial charge in [0.25, 0.3) is 0 Å². The maximum Gasteiger partial charge on any atom is 0.322 e. The van der Waals surface area contributed by atoms with Gasteiger partial charge < -0.3 is 19.9 Å². The summed E-state index contributed by atoms with van der Waals surface area (Å²) in [7, 11) is 0. The van der Waals surface area contributed by atoms with Gasteiger partial charge in [0.1, 0.15) is 24.1 Å². The Bertz CT molecular complexity index is 449. The molecule has 2 rings (SSSR count). The van der Waals surface area contributed by atoms with E-state index >= 15 is 0 Å². The normalized spacial score (nSPS) is 19.2. The van der Waals surface area contributed by atoms with Crippen LogP contribution in [0.1, 0.15) is 6.92 Å². The van der Waals surface area contributed by atoms with Crippen molar-refractivity contribution in [3.63, 3.8) is 0 Å². The van der Waals surface area contributed by atoms with Crippen LogP contribution in [-0.2, 0) is 4.79 Å². The Kier molecular flexibility index (Phi) is 5.83. The summed E-state index contributed by atoms with van der Waals surface area (Å²) in [5.41, 5.74) is 0. The molecule has 1 unspecified atom stereocenters. The lowest BCUT2D eigenvalue weighted by molar-refractivity contribution is -0.144. The van der Waals surface area contributed by atoms with Crippen LogP contribution in [0.15, 0.2) is 24.3 Å². The van der Waals surface area contributed by atoms with E-state index in [0.717, 1.165) is 24.6 Å². The highest BCUT2D eigenvalue weighted by Crippen LogP contribution is 2.17. The first kappa shape index (κ1) is 15.6. The topological polar surface area (TPSA) is 71.0 Å². The highest BCUT2D eigenvalue weighted by molar-refractivity contribution is 5.73. The number of benzene rings is 1. The lowest BCUT2D eigenvalue weighted by Crippen LogP contribution is -2.55. The minimum atomic E-state index is -0.789. The second kappa shape index (κ2) is 7.85. The van der Waals surface area contributed by atoms with Crippen LogP contribution in [0.25, 0.3) is 0 Å². The van der Waals surface area contributed by atoms with Crippen molar-refractivity contribution < 1.29 is 19.4 Å². The van der Waals surface area contributed by atoms with Gasteiger partial charge in [0.2, 0.25) is 0 Å². The molecule has 0 saturated carbocycles. The van der Waals surface area contributed by atoms with E-state index in [0.29, 0.717) is 26.3 Å². The summed E-state index contributed by atoms with van der Waals surface area (Å²) in [6.07, 6.45) is 0. The van der Waals surface area contributed by atoms with Crippen molar-refractivity contribution in [1.82, 2.24) is 10.2 Å². The molecule has 1 fully saturated rings. The maximum atomic E-state index is 11.2. The molecule has 0 aromatic heterocycles. The van der Waals surface area contributed by atoms with Crippen LogP contribution in [-0.4, -0.2) is 61.4 Å². The molecular weight excluding hydrogens is 272 g/mol. The summed E-state index contributed by atoms with van der Waals surface area (Å²) in [5.74, 6) is 0.793. The van der Waals surface area contributed by atoms with Gasteiger partial charge in [0.15, 0.2) is 0 Å². The molecule has 1 aliphatic heterocycles. The molecule has 21 heavy (non-hydrogen) atoms. The third-order valence-corrected chi connectivity index (χ3v) is 3.42. The van der Waals surface area contributed by atoms with Gasteiger partial charge in [-0.15, -0.1) is 0 Å². The quantitative estimate of drug-likeness (QED) is 0.776. The van der Waals surface area contributed by atoms with Gasteiger partial charge in [-0.1, -0.05) is 0 Å². The summed E-state index contributed by atoms with van der Waals surface area (Å²) in [4.78, 5) is 13.1. The van der Waals surface area contributed by atoms with E-state index in [-0.39, 0.29) is 0 Å². The molecule has 0 radical (unpaired) electrons. The van der Waals surface area contributed by atoms with Crippen LogP contribution < -0.4 is 14.8 Å². The smallest absolute Gasteiger partial charge is 0.322 e. The number of hydrogen-bond donors (Lipinski definition) is 2. The summed E-state index contributed by atoms with van der Waals surface area (Å²) >= 11 is 0. The van der Waals surface area contributed by atoms with Gasteiger partial charge >= 0.3 is 5.97 Å². The Morgan fingerprint density at radius 3 is 2.62 bits per heavy atom. The molecule has 1 saturated heterocycles. The average molecular weight is 294 g/mol. The minimum Gasteiger partial charge on any atom is -0.494 e. The van der Waals surface area contributed by atoms with Crippen molar-refractivity contribution in [3.05, 3.63) is 24.3 Å². The second-order valence-electron chi connectivity index (χ2n) is 4.85. The highest BCUT2D eigenvalue weighted by Gasteiger charge is 2.27. The zero-order chi connectivity index (χ0) is 15.1. The molecule has 1 aliphatic rings. The van der Waals surface area contributed by atoms with Gasteiger partial charge in [-0.25, -0.2) is 0 Å². The van der Waals surface area contributed by atoms with Gasteiger partial charge in [-0.05, 0) is 31.2 Å². The molecule has 6 heteroatoms. The number of nitrogens with one attached hydrogen (secondary N) is 1. The maximum absolute atomic E-state index is 11.2. The van der Waals surface area contributed by atoms with Gasteiger partial charge in [0, 0.05) is 26.2 Å². The zero-order valence-corrected chi connectivity index (χ0v) is 12.2. The first-order chi connectivity index (χ1) is 10.2. The number of aliphatic carboxylic acids is 1. The van der Waals surface area contributed by atoms with Crippen LogP contribution in [0, 0.1) is 0 Å². The summed E-state index contributed by atoms with van der Waals surface area (Å²) in [5, 5.41) is 12.3. The van der Waals surface area contributed by atoms with E-state index in [9.17, 15) is 4.79 Å². The Hall–Kier alpha value is -1.79. The first-order valence-corrected chi connectivity index (χ1v) is 7.24. The van der Waals surface area contributed by atoms with E-state index in [2.05, 4.69) is 5.32 Å². The van der Waals surface area contributed by atoms with Gasteiger partial charge in [-0.2, -0.15) is 0 Å². The number of piperazine rings is 1. The molecule has 6 nitrogen and oxygen atoms in total. The van der Waals surface area contributed by atoms with Crippen LogP contribution in [0.4, 0.5) is 0 Å². The van der Waals surface area contributed by atoms with Gasteiger partial charge in [0.05, 0.1) is 6.61 Å². The van der Waals surface area contributed by atoms with Crippen molar-refractivity contribution >= 4 is 5.97 Å². The van der Waals surface area contributed by atoms with E-state index < -0.39 is 12.0 Å². The number of carboxylic acid groups (broad SMARTS) is 1. The number of hydrogen-bond acceptors (Lipinski definition) is 5. The molecule has 1 aromatic carbocycles. The number of carbonyl (C=O) groups is 1. The predicted molar refractivity (Wildman–Crippen MR) is 79.0 cm³/mol. The van der Waals surface area contributed by atoms with Crippen molar-refractivity contribution in [2.45, 2.75) is 13.0 Å².